The summed E-state index contributed by atoms with van der Waals surface area (Å²) in [5.41, 5.74) is 8.83. The van der Waals surface area contributed by atoms with Gasteiger partial charge in [-0.3, -0.25) is 25.0 Å². The van der Waals surface area contributed by atoms with Crippen molar-refractivity contribution in [2.75, 3.05) is 0 Å². The predicted molar refractivity (Wildman–Crippen MR) is 230 cm³/mol. The van der Waals surface area contributed by atoms with Gasteiger partial charge in [-0.25, -0.2) is 0 Å². The van der Waals surface area contributed by atoms with E-state index in [2.05, 4.69) is 113 Å². The maximum Gasteiger partial charge on any atom is 0.243 e. The summed E-state index contributed by atoms with van der Waals surface area (Å²) < 4.78 is 0. The Hall–Kier alpha value is -6.19. The Kier molecular flexibility index (Phi) is 14.1. The molecule has 0 unspecified atom stereocenters. The summed E-state index contributed by atoms with van der Waals surface area (Å²) in [6, 6.07) is 53.6. The van der Waals surface area contributed by atoms with Gasteiger partial charge in [-0.1, -0.05) is 169 Å². The Balaban J connectivity index is 1.15. The molecule has 0 aromatic heterocycles. The van der Waals surface area contributed by atoms with Gasteiger partial charge in [0, 0.05) is 32.9 Å². The largest absolute Gasteiger partial charge is 0.376 e. The molecule has 6 aromatic rings. The molecular weight excluding hydrogens is 721 g/mol. The fourth-order valence-electron chi connectivity index (χ4n) is 7.42. The summed E-state index contributed by atoms with van der Waals surface area (Å²) >= 11 is 0. The third-order valence-electron chi connectivity index (χ3n) is 10.4. The fourth-order valence-corrected chi connectivity index (χ4v) is 7.42. The zero-order valence-corrected chi connectivity index (χ0v) is 33.3. The van der Waals surface area contributed by atoms with Gasteiger partial charge in [0.25, 0.3) is 0 Å². The Morgan fingerprint density at radius 1 is 0.586 bits per heavy atom. The van der Waals surface area contributed by atoms with Gasteiger partial charge in [-0.2, -0.15) is 0 Å². The van der Waals surface area contributed by atoms with Crippen molar-refractivity contribution >= 4 is 17.6 Å². The number of aliphatic hydroxyl groups is 1. The molecule has 0 fully saturated rings. The van der Waals surface area contributed by atoms with E-state index >= 15 is 0 Å². The van der Waals surface area contributed by atoms with Gasteiger partial charge in [0.2, 0.25) is 11.8 Å². The molecule has 296 valence electrons. The van der Waals surface area contributed by atoms with Gasteiger partial charge in [0.1, 0.15) is 18.1 Å². The maximum atomic E-state index is 13.7. The lowest BCUT2D eigenvalue weighted by atomic mass is 9.76. The summed E-state index contributed by atoms with van der Waals surface area (Å²) in [5, 5.41) is 24.0. The lowest BCUT2D eigenvalue weighted by Gasteiger charge is -2.37. The molecule has 0 aliphatic rings. The molecule has 6 rings (SSSR count). The summed E-state index contributed by atoms with van der Waals surface area (Å²) in [4.78, 5) is 38.2. The van der Waals surface area contributed by atoms with Crippen LogP contribution in [0.3, 0.4) is 0 Å². The lowest BCUT2D eigenvalue weighted by molar-refractivity contribution is -0.129. The summed E-state index contributed by atoms with van der Waals surface area (Å²) in [5.74, 6) is -1.04. The molecule has 0 heterocycles. The topological polar surface area (TPSA) is 120 Å². The number of nitrogens with one attached hydrogen (secondary N) is 4. The molecule has 58 heavy (non-hydrogen) atoms. The van der Waals surface area contributed by atoms with Crippen molar-refractivity contribution in [1.29, 1.82) is 0 Å². The summed E-state index contributed by atoms with van der Waals surface area (Å²) in [7, 11) is 0. The molecule has 0 saturated heterocycles. The number of benzene rings is 6. The second-order valence-corrected chi connectivity index (χ2v) is 14.9. The van der Waals surface area contributed by atoms with Crippen LogP contribution in [0.4, 0.5) is 0 Å². The number of aryl methyl sites for hydroxylation is 1. The van der Waals surface area contributed by atoms with Crippen LogP contribution in [0.15, 0.2) is 164 Å². The van der Waals surface area contributed by atoms with E-state index in [1.165, 1.54) is 19.4 Å². The Bertz CT molecular complexity index is 2210. The molecule has 2 amide bonds. The van der Waals surface area contributed by atoms with E-state index in [0.717, 1.165) is 44.5 Å². The van der Waals surface area contributed by atoms with Gasteiger partial charge in [0.05, 0.1) is 11.6 Å². The second kappa shape index (κ2) is 19.8. The molecule has 0 radical (unpaired) electrons. The van der Waals surface area contributed by atoms with Crippen molar-refractivity contribution < 1.29 is 19.5 Å². The van der Waals surface area contributed by atoms with Crippen LogP contribution in [-0.2, 0) is 39.4 Å². The van der Waals surface area contributed by atoms with Crippen LogP contribution >= 0.6 is 0 Å². The number of carbonyl (C=O) groups excluding carboxylic acids is 3. The van der Waals surface area contributed by atoms with Crippen molar-refractivity contribution in [3.05, 3.63) is 203 Å². The highest BCUT2D eigenvalue weighted by atomic mass is 16.3. The zero-order valence-electron chi connectivity index (χ0n) is 33.3. The van der Waals surface area contributed by atoms with Crippen LogP contribution in [0.2, 0.25) is 0 Å². The minimum Gasteiger partial charge on any atom is -0.376 e. The Labute approximate surface area is 341 Å². The lowest BCUT2D eigenvalue weighted by Crippen LogP contribution is -2.56. The van der Waals surface area contributed by atoms with Crippen molar-refractivity contribution in [3.8, 4) is 11.1 Å². The van der Waals surface area contributed by atoms with Gasteiger partial charge in [0.15, 0.2) is 0 Å². The van der Waals surface area contributed by atoms with Crippen molar-refractivity contribution in [3.63, 3.8) is 0 Å². The Morgan fingerprint density at radius 3 is 1.69 bits per heavy atom. The number of amides is 2. The van der Waals surface area contributed by atoms with Crippen LogP contribution < -0.4 is 21.3 Å². The molecule has 8 nitrogen and oxygen atoms in total. The minimum atomic E-state index is -1.25. The highest BCUT2D eigenvalue weighted by molar-refractivity contribution is 5.88. The Morgan fingerprint density at radius 2 is 1.12 bits per heavy atom. The van der Waals surface area contributed by atoms with Crippen LogP contribution in [0.1, 0.15) is 59.2 Å². The molecule has 0 saturated carbocycles. The predicted octanol–water partition coefficient (Wildman–Crippen LogP) is 7.36. The van der Waals surface area contributed by atoms with E-state index in [4.69, 9.17) is 0 Å². The SMILES string of the molecule is CC(=O)C[C@H](NC(=O)[C@H](Cc1ccc(-c2ccccc2)cc1)NC(C)=O)[C@@H](O)NCc1cccc(CNC(c2ccccc2)(c2ccccc2)c2ccc(C)cc2)c1. The smallest absolute Gasteiger partial charge is 0.243 e. The molecule has 6 aromatic carbocycles. The number of aliphatic hydroxyl groups excluding tert-OH is 1. The summed E-state index contributed by atoms with van der Waals surface area (Å²) in [6.07, 6.45) is -1.11. The number of hydrogen-bond acceptors (Lipinski definition) is 6. The molecule has 0 spiro atoms. The van der Waals surface area contributed by atoms with E-state index in [0.29, 0.717) is 6.54 Å². The molecular formula is C50H52N4O4. The number of carbonyl (C=O) groups is 3. The van der Waals surface area contributed by atoms with E-state index < -0.39 is 29.8 Å². The molecule has 0 aliphatic carbocycles. The van der Waals surface area contributed by atoms with E-state index in [-0.39, 0.29) is 31.1 Å². The first-order valence-corrected chi connectivity index (χ1v) is 19.7. The quantitative estimate of drug-likeness (QED) is 0.0461. The average Bonchev–Trinajstić information content (AvgIpc) is 3.24. The average molecular weight is 773 g/mol. The second-order valence-electron chi connectivity index (χ2n) is 14.9. The van der Waals surface area contributed by atoms with Crippen molar-refractivity contribution in [2.24, 2.45) is 0 Å². The zero-order chi connectivity index (χ0) is 40.9. The maximum absolute atomic E-state index is 13.7. The van der Waals surface area contributed by atoms with Gasteiger partial charge >= 0.3 is 0 Å². The van der Waals surface area contributed by atoms with Crippen molar-refractivity contribution in [2.45, 2.75) is 70.6 Å². The number of hydrogen-bond donors (Lipinski definition) is 5. The molecule has 8 heteroatoms. The highest BCUT2D eigenvalue weighted by Gasteiger charge is 2.36. The fraction of sp³-hybridized carbons (Fsp3) is 0.220. The third-order valence-corrected chi connectivity index (χ3v) is 10.4. The van der Waals surface area contributed by atoms with Crippen LogP contribution in [0.25, 0.3) is 11.1 Å². The van der Waals surface area contributed by atoms with E-state index in [1.807, 2.05) is 78.9 Å². The molecule has 0 aliphatic heterocycles. The number of rotatable bonds is 18. The van der Waals surface area contributed by atoms with E-state index in [9.17, 15) is 19.5 Å². The standard InChI is InChI=1S/C50H52N4O4/c1-35-22-28-45(29-23-35)50(43-18-9-5-10-19-43,44-20-11-6-12-21-44)52-34-40-15-13-14-39(31-40)33-51-48(57)46(30-36(2)55)54-49(58)47(53-37(3)56)32-38-24-26-42(27-25-38)41-16-7-4-8-17-41/h4-29,31,46-48,51-52,57H,30,32-34H2,1-3H3,(H,53,56)(H,54,58)/t46-,47-,48+/m0/s1. The third kappa shape index (κ3) is 10.8. The monoisotopic (exact) mass is 772 g/mol. The molecule has 5 N–H and O–H groups in total. The van der Waals surface area contributed by atoms with Crippen molar-refractivity contribution in [1.82, 2.24) is 21.3 Å². The van der Waals surface area contributed by atoms with Gasteiger partial charge in [-0.15, -0.1) is 0 Å². The first-order chi connectivity index (χ1) is 28.1. The van der Waals surface area contributed by atoms with E-state index in [1.54, 1.807) is 0 Å². The minimum absolute atomic E-state index is 0.0947. The van der Waals surface area contributed by atoms with Crippen LogP contribution in [0, 0.1) is 6.92 Å². The number of ketones is 1. The molecule has 0 bridgehead atoms. The molecule has 3 atom stereocenters. The van der Waals surface area contributed by atoms with Gasteiger partial charge in [-0.05, 0) is 58.4 Å². The first kappa shape index (κ1) is 41.4. The first-order valence-electron chi connectivity index (χ1n) is 19.7. The van der Waals surface area contributed by atoms with Crippen LogP contribution in [0.5, 0.6) is 0 Å². The summed E-state index contributed by atoms with van der Waals surface area (Å²) in [6.45, 7) is 5.69. The van der Waals surface area contributed by atoms with Crippen LogP contribution in [-0.4, -0.2) is 41.0 Å². The van der Waals surface area contributed by atoms with Gasteiger partial charge < -0.3 is 15.7 Å². The number of Topliss-reactive ketones (excluding diaryl/α,β-unsaturated/α-hetero) is 1. The normalized spacial score (nSPS) is 12.9. The highest BCUT2D eigenvalue weighted by Crippen LogP contribution is 2.37.